The van der Waals surface area contributed by atoms with Gasteiger partial charge in [-0.3, -0.25) is 0 Å². The molecule has 0 unspecified atom stereocenters. The number of hydrogen-bond donors (Lipinski definition) is 0. The first-order chi connectivity index (χ1) is 15.0. The number of nitrogens with zero attached hydrogens (tertiary/aromatic N) is 2. The highest BCUT2D eigenvalue weighted by Crippen LogP contribution is 2.24. The summed E-state index contributed by atoms with van der Waals surface area (Å²) in [5.41, 5.74) is 5.41. The molecule has 0 saturated heterocycles. The Morgan fingerprint density at radius 3 is 2.19 bits per heavy atom. The highest BCUT2D eigenvalue weighted by molar-refractivity contribution is 5.95. The van der Waals surface area contributed by atoms with Crippen LogP contribution in [0.3, 0.4) is 0 Å². The molecular formula is C27H24N2O2. The number of ether oxygens (including phenoxy) is 1. The van der Waals surface area contributed by atoms with Crippen molar-refractivity contribution < 1.29 is 9.53 Å². The third kappa shape index (κ3) is 4.48. The van der Waals surface area contributed by atoms with Crippen LogP contribution in [0.25, 0.3) is 22.9 Å². The SMILES string of the molecule is C=CCn1c(/C=C(\OC(=O)c2ccc(C)cc2)c2ccc(C)cc2)nc2ccccc21. The first-order valence-corrected chi connectivity index (χ1v) is 10.2. The number of benzene rings is 3. The summed E-state index contributed by atoms with van der Waals surface area (Å²) >= 11 is 0. The molecule has 0 saturated carbocycles. The highest BCUT2D eigenvalue weighted by Gasteiger charge is 2.15. The lowest BCUT2D eigenvalue weighted by atomic mass is 10.1. The molecule has 0 aliphatic carbocycles. The second-order valence-electron chi connectivity index (χ2n) is 7.49. The summed E-state index contributed by atoms with van der Waals surface area (Å²) in [5, 5.41) is 0. The standard InChI is InChI=1S/C27H24N2O2/c1-4-17-29-24-8-6-5-7-23(24)28-26(29)18-25(21-13-9-19(2)10-14-21)31-27(30)22-15-11-20(3)12-16-22/h4-16,18H,1,17H2,2-3H3/b25-18-. The molecule has 1 aromatic heterocycles. The number of imidazole rings is 1. The Labute approximate surface area is 182 Å². The van der Waals surface area contributed by atoms with E-state index in [0.29, 0.717) is 23.7 Å². The number of carbonyl (C=O) groups is 1. The quantitative estimate of drug-likeness (QED) is 0.217. The van der Waals surface area contributed by atoms with E-state index in [0.717, 1.165) is 27.7 Å². The molecule has 3 aromatic carbocycles. The van der Waals surface area contributed by atoms with E-state index >= 15 is 0 Å². The molecule has 4 heteroatoms. The summed E-state index contributed by atoms with van der Waals surface area (Å²) in [7, 11) is 0. The Hall–Kier alpha value is -3.92. The van der Waals surface area contributed by atoms with Crippen molar-refractivity contribution in [3.05, 3.63) is 114 Å². The molecule has 0 spiro atoms. The van der Waals surface area contributed by atoms with Crippen LogP contribution < -0.4 is 0 Å². The highest BCUT2D eigenvalue weighted by atomic mass is 16.5. The molecule has 0 aliphatic heterocycles. The van der Waals surface area contributed by atoms with Gasteiger partial charge in [0.05, 0.1) is 16.6 Å². The number of allylic oxidation sites excluding steroid dienone is 1. The molecule has 0 fully saturated rings. The van der Waals surface area contributed by atoms with Crippen molar-refractivity contribution in [2.75, 3.05) is 0 Å². The average molecular weight is 409 g/mol. The van der Waals surface area contributed by atoms with Gasteiger partial charge in [0.2, 0.25) is 0 Å². The molecule has 1 heterocycles. The summed E-state index contributed by atoms with van der Waals surface area (Å²) in [4.78, 5) is 17.6. The number of hydrogen-bond acceptors (Lipinski definition) is 3. The zero-order valence-corrected chi connectivity index (χ0v) is 17.7. The Bertz CT molecular complexity index is 1260. The number of esters is 1. The fourth-order valence-corrected chi connectivity index (χ4v) is 3.38. The van der Waals surface area contributed by atoms with E-state index in [-0.39, 0.29) is 0 Å². The largest absolute Gasteiger partial charge is 0.422 e. The van der Waals surface area contributed by atoms with Crippen LogP contribution in [0.2, 0.25) is 0 Å². The summed E-state index contributed by atoms with van der Waals surface area (Å²) in [5.74, 6) is 0.748. The van der Waals surface area contributed by atoms with Gasteiger partial charge < -0.3 is 9.30 Å². The summed E-state index contributed by atoms with van der Waals surface area (Å²) in [6, 6.07) is 23.2. The minimum absolute atomic E-state index is 0.404. The summed E-state index contributed by atoms with van der Waals surface area (Å²) in [6.45, 7) is 8.47. The Balaban J connectivity index is 1.80. The van der Waals surface area contributed by atoms with Crippen molar-refractivity contribution in [1.29, 1.82) is 0 Å². The predicted molar refractivity (Wildman–Crippen MR) is 126 cm³/mol. The lowest BCUT2D eigenvalue weighted by Crippen LogP contribution is -2.06. The van der Waals surface area contributed by atoms with Crippen LogP contribution in [0.5, 0.6) is 0 Å². The zero-order chi connectivity index (χ0) is 21.8. The van der Waals surface area contributed by atoms with E-state index < -0.39 is 5.97 Å². The lowest BCUT2D eigenvalue weighted by Gasteiger charge is -2.11. The molecule has 154 valence electrons. The van der Waals surface area contributed by atoms with E-state index in [1.165, 1.54) is 0 Å². The van der Waals surface area contributed by atoms with Gasteiger partial charge in [0.25, 0.3) is 0 Å². The predicted octanol–water partition coefficient (Wildman–Crippen LogP) is 6.19. The summed E-state index contributed by atoms with van der Waals surface area (Å²) < 4.78 is 7.93. The second kappa shape index (κ2) is 8.84. The molecule has 31 heavy (non-hydrogen) atoms. The normalized spacial score (nSPS) is 11.5. The first-order valence-electron chi connectivity index (χ1n) is 10.2. The van der Waals surface area contributed by atoms with Crippen molar-refractivity contribution in [1.82, 2.24) is 9.55 Å². The van der Waals surface area contributed by atoms with E-state index in [1.807, 2.05) is 86.7 Å². The maximum absolute atomic E-state index is 12.9. The van der Waals surface area contributed by atoms with Gasteiger partial charge >= 0.3 is 5.97 Å². The number of aryl methyl sites for hydroxylation is 2. The minimum Gasteiger partial charge on any atom is -0.422 e. The smallest absolute Gasteiger partial charge is 0.343 e. The lowest BCUT2D eigenvalue weighted by molar-refractivity contribution is 0.0693. The molecule has 4 aromatic rings. The number of fused-ring (bicyclic) bond motifs is 1. The van der Waals surface area contributed by atoms with Crippen molar-refractivity contribution in [2.24, 2.45) is 0 Å². The van der Waals surface area contributed by atoms with E-state index in [9.17, 15) is 4.79 Å². The van der Waals surface area contributed by atoms with Crippen LogP contribution in [0.4, 0.5) is 0 Å². The zero-order valence-electron chi connectivity index (χ0n) is 17.7. The molecule has 0 N–H and O–H groups in total. The third-order valence-corrected chi connectivity index (χ3v) is 5.08. The van der Waals surface area contributed by atoms with Crippen molar-refractivity contribution in [3.8, 4) is 0 Å². The maximum atomic E-state index is 12.9. The molecule has 0 amide bonds. The summed E-state index contributed by atoms with van der Waals surface area (Å²) in [6.07, 6.45) is 3.65. The molecule has 0 radical (unpaired) electrons. The van der Waals surface area contributed by atoms with Crippen molar-refractivity contribution in [3.63, 3.8) is 0 Å². The fraction of sp³-hybridized carbons (Fsp3) is 0.111. The van der Waals surface area contributed by atoms with Crippen molar-refractivity contribution >= 4 is 28.8 Å². The van der Waals surface area contributed by atoms with Crippen LogP contribution in [0, 0.1) is 13.8 Å². The molecule has 4 rings (SSSR count). The van der Waals surface area contributed by atoms with Gasteiger partial charge in [-0.05, 0) is 38.1 Å². The average Bonchev–Trinajstić information content (AvgIpc) is 3.12. The topological polar surface area (TPSA) is 44.1 Å². The van der Waals surface area contributed by atoms with E-state index in [4.69, 9.17) is 9.72 Å². The van der Waals surface area contributed by atoms with Gasteiger partial charge in [-0.15, -0.1) is 6.58 Å². The number of rotatable bonds is 6. The first kappa shape index (κ1) is 20.4. The minimum atomic E-state index is -0.404. The van der Waals surface area contributed by atoms with Crippen LogP contribution >= 0.6 is 0 Å². The number of carbonyl (C=O) groups excluding carboxylic acids is 1. The van der Waals surface area contributed by atoms with Gasteiger partial charge in [0.15, 0.2) is 0 Å². The molecule has 0 bridgehead atoms. The Morgan fingerprint density at radius 1 is 0.935 bits per heavy atom. The Kier molecular flexibility index (Phi) is 5.80. The monoisotopic (exact) mass is 408 g/mol. The molecular weight excluding hydrogens is 384 g/mol. The van der Waals surface area contributed by atoms with Gasteiger partial charge in [-0.1, -0.05) is 65.7 Å². The van der Waals surface area contributed by atoms with Gasteiger partial charge in [-0.25, -0.2) is 9.78 Å². The third-order valence-electron chi connectivity index (χ3n) is 5.08. The van der Waals surface area contributed by atoms with Crippen LogP contribution in [0.1, 0.15) is 32.9 Å². The molecule has 4 nitrogen and oxygen atoms in total. The Morgan fingerprint density at radius 2 is 1.55 bits per heavy atom. The fourth-order valence-electron chi connectivity index (χ4n) is 3.38. The van der Waals surface area contributed by atoms with Gasteiger partial charge in [0, 0.05) is 18.2 Å². The van der Waals surface area contributed by atoms with E-state index in [1.54, 1.807) is 12.1 Å². The van der Waals surface area contributed by atoms with Gasteiger partial charge in [0.1, 0.15) is 11.6 Å². The van der Waals surface area contributed by atoms with E-state index in [2.05, 4.69) is 11.1 Å². The number of para-hydroxylation sites is 2. The van der Waals surface area contributed by atoms with Gasteiger partial charge in [-0.2, -0.15) is 0 Å². The van der Waals surface area contributed by atoms with Crippen LogP contribution in [-0.4, -0.2) is 15.5 Å². The molecule has 0 atom stereocenters. The van der Waals surface area contributed by atoms with Crippen LogP contribution in [0.15, 0.2) is 85.5 Å². The number of aromatic nitrogens is 2. The van der Waals surface area contributed by atoms with Crippen LogP contribution in [-0.2, 0) is 11.3 Å². The maximum Gasteiger partial charge on any atom is 0.343 e. The van der Waals surface area contributed by atoms with Crippen molar-refractivity contribution in [2.45, 2.75) is 20.4 Å². The molecule has 0 aliphatic rings. The second-order valence-corrected chi connectivity index (χ2v) is 7.49.